The summed E-state index contributed by atoms with van der Waals surface area (Å²) in [6.07, 6.45) is -0.270. The van der Waals surface area contributed by atoms with Crippen LogP contribution in [0.1, 0.15) is 17.5 Å². The second kappa shape index (κ2) is 7.97. The van der Waals surface area contributed by atoms with E-state index in [9.17, 15) is 9.59 Å². The van der Waals surface area contributed by atoms with Crippen molar-refractivity contribution in [1.82, 2.24) is 5.32 Å². The highest BCUT2D eigenvalue weighted by molar-refractivity contribution is 6.30. The standard InChI is InChI=1S/C17H14ClN3O2/c18-14-5-1-13(2-6-14)11-20-16(22)9-17(23)21-15-7-3-12(10-19)4-8-15/h1-8H,9,11H2,(H,20,22)(H,21,23). The Morgan fingerprint density at radius 3 is 2.26 bits per heavy atom. The lowest BCUT2D eigenvalue weighted by Crippen LogP contribution is -2.27. The Morgan fingerprint density at radius 2 is 1.65 bits per heavy atom. The molecule has 2 amide bonds. The number of amides is 2. The average Bonchev–Trinajstić information content (AvgIpc) is 2.55. The van der Waals surface area contributed by atoms with Crippen molar-refractivity contribution in [2.75, 3.05) is 5.32 Å². The molecule has 2 rings (SSSR count). The van der Waals surface area contributed by atoms with Gasteiger partial charge in [-0.1, -0.05) is 23.7 Å². The van der Waals surface area contributed by atoms with Gasteiger partial charge in [-0.25, -0.2) is 0 Å². The van der Waals surface area contributed by atoms with Crippen LogP contribution in [0.4, 0.5) is 5.69 Å². The molecule has 0 aliphatic rings. The highest BCUT2D eigenvalue weighted by Gasteiger charge is 2.09. The zero-order valence-electron chi connectivity index (χ0n) is 12.2. The number of carbonyl (C=O) groups is 2. The molecule has 0 saturated carbocycles. The van der Waals surface area contributed by atoms with Gasteiger partial charge in [0.15, 0.2) is 0 Å². The van der Waals surface area contributed by atoms with E-state index in [1.165, 1.54) is 0 Å². The van der Waals surface area contributed by atoms with Crippen LogP contribution >= 0.6 is 11.6 Å². The van der Waals surface area contributed by atoms with Crippen LogP contribution in [0, 0.1) is 11.3 Å². The minimum atomic E-state index is -0.414. The molecule has 2 aromatic carbocycles. The van der Waals surface area contributed by atoms with Gasteiger partial charge >= 0.3 is 0 Å². The summed E-state index contributed by atoms with van der Waals surface area (Å²) in [5, 5.41) is 14.6. The quantitative estimate of drug-likeness (QED) is 0.828. The average molecular weight is 328 g/mol. The smallest absolute Gasteiger partial charge is 0.233 e. The zero-order valence-corrected chi connectivity index (χ0v) is 12.9. The Kier molecular flexibility index (Phi) is 5.73. The minimum absolute atomic E-state index is 0.270. The van der Waals surface area contributed by atoms with Gasteiger partial charge < -0.3 is 10.6 Å². The van der Waals surface area contributed by atoms with Crippen molar-refractivity contribution >= 4 is 29.1 Å². The molecule has 23 heavy (non-hydrogen) atoms. The fraction of sp³-hybridized carbons (Fsp3) is 0.118. The number of halogens is 1. The van der Waals surface area contributed by atoms with E-state index < -0.39 is 5.91 Å². The number of benzene rings is 2. The molecule has 0 aliphatic heterocycles. The summed E-state index contributed by atoms with van der Waals surface area (Å²) in [5.74, 6) is -0.783. The molecule has 0 radical (unpaired) electrons. The first-order chi connectivity index (χ1) is 11.1. The summed E-state index contributed by atoms with van der Waals surface area (Å²) < 4.78 is 0. The van der Waals surface area contributed by atoms with Crippen molar-refractivity contribution in [2.24, 2.45) is 0 Å². The molecule has 0 atom stereocenters. The van der Waals surface area contributed by atoms with Crippen LogP contribution in [0.25, 0.3) is 0 Å². The summed E-state index contributed by atoms with van der Waals surface area (Å²) in [6, 6.07) is 15.5. The third kappa shape index (κ3) is 5.46. The number of nitriles is 1. The lowest BCUT2D eigenvalue weighted by Gasteiger charge is -2.07. The largest absolute Gasteiger partial charge is 0.352 e. The normalized spacial score (nSPS) is 9.74. The Hall–Kier alpha value is -2.84. The molecule has 0 saturated heterocycles. The molecule has 5 nitrogen and oxygen atoms in total. The topological polar surface area (TPSA) is 82.0 Å². The molecular weight excluding hydrogens is 314 g/mol. The molecule has 116 valence electrons. The van der Waals surface area contributed by atoms with Gasteiger partial charge in [0.05, 0.1) is 11.6 Å². The summed E-state index contributed by atoms with van der Waals surface area (Å²) in [5.41, 5.74) is 1.94. The van der Waals surface area contributed by atoms with E-state index in [0.29, 0.717) is 22.8 Å². The molecule has 0 unspecified atom stereocenters. The molecule has 6 heteroatoms. The van der Waals surface area contributed by atoms with E-state index in [2.05, 4.69) is 10.6 Å². The first-order valence-corrected chi connectivity index (χ1v) is 7.26. The molecule has 2 aromatic rings. The van der Waals surface area contributed by atoms with E-state index in [-0.39, 0.29) is 12.3 Å². The summed E-state index contributed by atoms with van der Waals surface area (Å²) in [6.45, 7) is 0.333. The lowest BCUT2D eigenvalue weighted by molar-refractivity contribution is -0.126. The van der Waals surface area contributed by atoms with Crippen molar-refractivity contribution in [1.29, 1.82) is 5.26 Å². The first kappa shape index (κ1) is 16.5. The zero-order chi connectivity index (χ0) is 16.7. The fourth-order valence-corrected chi connectivity index (χ4v) is 1.97. The SMILES string of the molecule is N#Cc1ccc(NC(=O)CC(=O)NCc2ccc(Cl)cc2)cc1. The van der Waals surface area contributed by atoms with Crippen molar-refractivity contribution in [3.63, 3.8) is 0 Å². The molecule has 0 bridgehead atoms. The highest BCUT2D eigenvalue weighted by atomic mass is 35.5. The lowest BCUT2D eigenvalue weighted by atomic mass is 10.2. The van der Waals surface area contributed by atoms with E-state index in [1.807, 2.05) is 6.07 Å². The molecule has 0 spiro atoms. The Labute approximate surface area is 138 Å². The first-order valence-electron chi connectivity index (χ1n) is 6.88. The van der Waals surface area contributed by atoms with Crippen LogP contribution in [0.2, 0.25) is 5.02 Å². The van der Waals surface area contributed by atoms with Gasteiger partial charge in [-0.2, -0.15) is 5.26 Å². The summed E-state index contributed by atoms with van der Waals surface area (Å²) in [4.78, 5) is 23.5. The monoisotopic (exact) mass is 327 g/mol. The predicted octanol–water partition coefficient (Wildman–Crippen LogP) is 2.86. The van der Waals surface area contributed by atoms with Crippen LogP contribution in [0.15, 0.2) is 48.5 Å². The van der Waals surface area contributed by atoms with Crippen molar-refractivity contribution in [3.05, 3.63) is 64.7 Å². The molecule has 2 N–H and O–H groups in total. The summed E-state index contributed by atoms with van der Waals surface area (Å²) >= 11 is 5.78. The maximum Gasteiger partial charge on any atom is 0.233 e. The maximum atomic E-state index is 11.8. The van der Waals surface area contributed by atoms with Crippen LogP contribution in [0.3, 0.4) is 0 Å². The second-order valence-corrected chi connectivity index (χ2v) is 5.25. The van der Waals surface area contributed by atoms with Crippen molar-refractivity contribution < 1.29 is 9.59 Å². The third-order valence-corrected chi connectivity index (χ3v) is 3.27. The van der Waals surface area contributed by atoms with Crippen molar-refractivity contribution in [3.8, 4) is 6.07 Å². The van der Waals surface area contributed by atoms with E-state index >= 15 is 0 Å². The van der Waals surface area contributed by atoms with Gasteiger partial charge in [0.25, 0.3) is 0 Å². The number of carbonyl (C=O) groups excluding carboxylic acids is 2. The van der Waals surface area contributed by atoms with Gasteiger partial charge in [0, 0.05) is 17.3 Å². The fourth-order valence-electron chi connectivity index (χ4n) is 1.84. The Bertz CT molecular complexity index is 734. The minimum Gasteiger partial charge on any atom is -0.352 e. The highest BCUT2D eigenvalue weighted by Crippen LogP contribution is 2.10. The summed E-state index contributed by atoms with van der Waals surface area (Å²) in [7, 11) is 0. The molecular formula is C17H14ClN3O2. The second-order valence-electron chi connectivity index (χ2n) is 4.82. The van der Waals surface area contributed by atoms with Gasteiger partial charge in [-0.05, 0) is 42.0 Å². The van der Waals surface area contributed by atoms with Crippen LogP contribution in [0.5, 0.6) is 0 Å². The maximum absolute atomic E-state index is 11.8. The van der Waals surface area contributed by atoms with Crippen LogP contribution in [-0.4, -0.2) is 11.8 Å². The van der Waals surface area contributed by atoms with Gasteiger partial charge in [0.1, 0.15) is 6.42 Å². The number of nitrogens with one attached hydrogen (secondary N) is 2. The molecule has 0 aliphatic carbocycles. The number of rotatable bonds is 5. The van der Waals surface area contributed by atoms with Gasteiger partial charge in [-0.3, -0.25) is 9.59 Å². The van der Waals surface area contributed by atoms with Gasteiger partial charge in [0.2, 0.25) is 11.8 Å². The third-order valence-electron chi connectivity index (χ3n) is 3.02. The number of hydrogen-bond acceptors (Lipinski definition) is 3. The Balaban J connectivity index is 1.78. The van der Waals surface area contributed by atoms with E-state index in [1.54, 1.807) is 48.5 Å². The van der Waals surface area contributed by atoms with Crippen LogP contribution < -0.4 is 10.6 Å². The molecule has 0 fully saturated rings. The number of anilines is 1. The number of hydrogen-bond donors (Lipinski definition) is 2. The van der Waals surface area contributed by atoms with Gasteiger partial charge in [-0.15, -0.1) is 0 Å². The Morgan fingerprint density at radius 1 is 1.00 bits per heavy atom. The van der Waals surface area contributed by atoms with E-state index in [4.69, 9.17) is 16.9 Å². The number of nitrogens with zero attached hydrogens (tertiary/aromatic N) is 1. The van der Waals surface area contributed by atoms with Crippen molar-refractivity contribution in [2.45, 2.75) is 13.0 Å². The molecule has 0 aromatic heterocycles. The van der Waals surface area contributed by atoms with E-state index in [0.717, 1.165) is 5.56 Å². The predicted molar refractivity (Wildman–Crippen MR) is 87.7 cm³/mol. The molecule has 0 heterocycles. The van der Waals surface area contributed by atoms with Crippen LogP contribution in [-0.2, 0) is 16.1 Å².